The summed E-state index contributed by atoms with van der Waals surface area (Å²) in [6, 6.07) is 4.79. The second kappa shape index (κ2) is 6.91. The topological polar surface area (TPSA) is 40.5 Å². The molecule has 0 fully saturated rings. The lowest BCUT2D eigenvalue weighted by Gasteiger charge is -2.18. The van der Waals surface area contributed by atoms with Crippen LogP contribution in [-0.4, -0.2) is 29.1 Å². The molecule has 1 aromatic carbocycles. The van der Waals surface area contributed by atoms with Gasteiger partial charge in [-0.15, -0.1) is 0 Å². The van der Waals surface area contributed by atoms with Crippen LogP contribution in [0.5, 0.6) is 0 Å². The number of carboxylic acids is 1. The largest absolute Gasteiger partial charge is 0.478 e. The van der Waals surface area contributed by atoms with Gasteiger partial charge in [-0.3, -0.25) is 4.90 Å². The second-order valence-electron chi connectivity index (χ2n) is 3.98. The van der Waals surface area contributed by atoms with Crippen molar-refractivity contribution in [2.24, 2.45) is 0 Å². The third kappa shape index (κ3) is 4.30. The van der Waals surface area contributed by atoms with Gasteiger partial charge < -0.3 is 5.11 Å². The van der Waals surface area contributed by atoms with Crippen molar-refractivity contribution in [2.45, 2.75) is 20.4 Å². The zero-order chi connectivity index (χ0) is 13.5. The molecular weight excluding hydrogens is 233 g/mol. The minimum atomic E-state index is -1.04. The van der Waals surface area contributed by atoms with E-state index in [2.05, 4.69) is 4.90 Å². The summed E-state index contributed by atoms with van der Waals surface area (Å²) in [5, 5.41) is 8.49. The van der Waals surface area contributed by atoms with Gasteiger partial charge >= 0.3 is 5.97 Å². The molecule has 0 aromatic heterocycles. The lowest BCUT2D eigenvalue weighted by atomic mass is 10.1. The summed E-state index contributed by atoms with van der Waals surface area (Å²) >= 11 is 0. The van der Waals surface area contributed by atoms with Crippen LogP contribution in [0.25, 0.3) is 6.08 Å². The highest BCUT2D eigenvalue weighted by molar-refractivity contribution is 5.85. The molecule has 0 radical (unpaired) electrons. The summed E-state index contributed by atoms with van der Waals surface area (Å²) < 4.78 is 13.8. The van der Waals surface area contributed by atoms with E-state index in [4.69, 9.17) is 5.11 Å². The van der Waals surface area contributed by atoms with Crippen LogP contribution in [0.2, 0.25) is 0 Å². The van der Waals surface area contributed by atoms with E-state index in [1.807, 2.05) is 13.8 Å². The molecule has 1 rings (SSSR count). The highest BCUT2D eigenvalue weighted by Crippen LogP contribution is 2.14. The first-order valence-electron chi connectivity index (χ1n) is 5.98. The maximum absolute atomic E-state index is 13.8. The van der Waals surface area contributed by atoms with Crippen molar-refractivity contribution in [1.29, 1.82) is 0 Å². The molecule has 0 saturated heterocycles. The Morgan fingerprint density at radius 3 is 2.56 bits per heavy atom. The Labute approximate surface area is 107 Å². The molecule has 0 aliphatic carbocycles. The van der Waals surface area contributed by atoms with Crippen LogP contribution in [0.4, 0.5) is 4.39 Å². The minimum absolute atomic E-state index is 0.297. The van der Waals surface area contributed by atoms with Crippen molar-refractivity contribution in [3.8, 4) is 0 Å². The van der Waals surface area contributed by atoms with Crippen molar-refractivity contribution in [3.05, 3.63) is 41.2 Å². The molecular formula is C14H18FNO2. The van der Waals surface area contributed by atoms with Crippen LogP contribution in [0.15, 0.2) is 24.3 Å². The van der Waals surface area contributed by atoms with Crippen LogP contribution in [0.1, 0.15) is 25.0 Å². The molecule has 0 bridgehead atoms. The molecule has 0 aliphatic heterocycles. The molecule has 98 valence electrons. The van der Waals surface area contributed by atoms with E-state index in [0.717, 1.165) is 19.2 Å². The summed E-state index contributed by atoms with van der Waals surface area (Å²) in [5.41, 5.74) is 1.18. The number of rotatable bonds is 6. The van der Waals surface area contributed by atoms with Crippen molar-refractivity contribution >= 4 is 12.0 Å². The van der Waals surface area contributed by atoms with Crippen LogP contribution < -0.4 is 0 Å². The van der Waals surface area contributed by atoms with Crippen molar-refractivity contribution in [2.75, 3.05) is 13.1 Å². The van der Waals surface area contributed by atoms with Crippen molar-refractivity contribution < 1.29 is 14.3 Å². The molecule has 3 nitrogen and oxygen atoms in total. The number of carbonyl (C=O) groups is 1. The van der Waals surface area contributed by atoms with Gasteiger partial charge in [0.2, 0.25) is 0 Å². The molecule has 1 aromatic rings. The first-order valence-corrected chi connectivity index (χ1v) is 5.98. The van der Waals surface area contributed by atoms with Gasteiger partial charge in [-0.25, -0.2) is 9.18 Å². The van der Waals surface area contributed by atoms with Gasteiger partial charge in [-0.1, -0.05) is 26.0 Å². The number of benzene rings is 1. The van der Waals surface area contributed by atoms with E-state index in [1.54, 1.807) is 12.1 Å². The van der Waals surface area contributed by atoms with E-state index < -0.39 is 5.97 Å². The van der Waals surface area contributed by atoms with Crippen LogP contribution in [0.3, 0.4) is 0 Å². The summed E-state index contributed by atoms with van der Waals surface area (Å²) in [5.74, 6) is -1.34. The van der Waals surface area contributed by atoms with Gasteiger partial charge in [-0.05, 0) is 30.8 Å². The van der Waals surface area contributed by atoms with Gasteiger partial charge in [0, 0.05) is 18.2 Å². The monoisotopic (exact) mass is 251 g/mol. The van der Waals surface area contributed by atoms with E-state index in [0.29, 0.717) is 17.7 Å². The normalized spacial score (nSPS) is 11.3. The summed E-state index contributed by atoms with van der Waals surface area (Å²) in [6.07, 6.45) is 2.38. The molecule has 0 unspecified atom stereocenters. The fourth-order valence-corrected chi connectivity index (χ4v) is 1.65. The number of hydrogen-bond donors (Lipinski definition) is 1. The number of hydrogen-bond acceptors (Lipinski definition) is 2. The second-order valence-corrected chi connectivity index (χ2v) is 3.98. The van der Waals surface area contributed by atoms with E-state index in [-0.39, 0.29) is 5.82 Å². The maximum Gasteiger partial charge on any atom is 0.328 e. The standard InChI is InChI=1S/C14H18FNO2/c1-3-16(4-2)10-12-7-5-11(9-13(12)15)6-8-14(17)18/h5-9H,3-4,10H2,1-2H3,(H,17,18). The first-order chi connectivity index (χ1) is 8.56. The third-order valence-corrected chi connectivity index (χ3v) is 2.78. The molecule has 0 atom stereocenters. The first kappa shape index (κ1) is 14.4. The SMILES string of the molecule is CCN(CC)Cc1ccc(C=CC(=O)O)cc1F. The van der Waals surface area contributed by atoms with Crippen LogP contribution >= 0.6 is 0 Å². The fraction of sp³-hybridized carbons (Fsp3) is 0.357. The highest BCUT2D eigenvalue weighted by Gasteiger charge is 2.06. The lowest BCUT2D eigenvalue weighted by Crippen LogP contribution is -2.22. The summed E-state index contributed by atoms with van der Waals surface area (Å²) in [4.78, 5) is 12.5. The van der Waals surface area contributed by atoms with Gasteiger partial charge in [0.15, 0.2) is 0 Å². The molecule has 1 N–H and O–H groups in total. The van der Waals surface area contributed by atoms with Crippen LogP contribution in [0, 0.1) is 5.82 Å². The Morgan fingerprint density at radius 2 is 2.06 bits per heavy atom. The molecule has 18 heavy (non-hydrogen) atoms. The number of halogens is 1. The minimum Gasteiger partial charge on any atom is -0.478 e. The van der Waals surface area contributed by atoms with E-state index >= 15 is 0 Å². The Bertz CT molecular complexity index is 439. The average molecular weight is 251 g/mol. The number of nitrogens with zero attached hydrogens (tertiary/aromatic N) is 1. The highest BCUT2D eigenvalue weighted by atomic mass is 19.1. The molecule has 0 spiro atoms. The third-order valence-electron chi connectivity index (χ3n) is 2.78. The smallest absolute Gasteiger partial charge is 0.328 e. The molecule has 4 heteroatoms. The Kier molecular flexibility index (Phi) is 5.52. The predicted octanol–water partition coefficient (Wildman–Crippen LogP) is 2.77. The average Bonchev–Trinajstić information content (AvgIpc) is 2.35. The van der Waals surface area contributed by atoms with Gasteiger partial charge in [0.25, 0.3) is 0 Å². The van der Waals surface area contributed by atoms with Crippen LogP contribution in [-0.2, 0) is 11.3 Å². The van der Waals surface area contributed by atoms with Gasteiger partial charge in [0.05, 0.1) is 0 Å². The van der Waals surface area contributed by atoms with Crippen molar-refractivity contribution in [3.63, 3.8) is 0 Å². The van der Waals surface area contributed by atoms with Crippen molar-refractivity contribution in [1.82, 2.24) is 4.90 Å². The number of aliphatic carboxylic acids is 1. The Balaban J connectivity index is 2.82. The molecule has 0 heterocycles. The zero-order valence-electron chi connectivity index (χ0n) is 10.7. The van der Waals surface area contributed by atoms with Gasteiger partial charge in [0.1, 0.15) is 5.82 Å². The Morgan fingerprint density at radius 1 is 1.39 bits per heavy atom. The maximum atomic E-state index is 13.8. The summed E-state index contributed by atoms with van der Waals surface area (Å²) in [6.45, 7) is 6.38. The fourth-order valence-electron chi connectivity index (χ4n) is 1.65. The lowest BCUT2D eigenvalue weighted by molar-refractivity contribution is -0.131. The quantitative estimate of drug-likeness (QED) is 0.790. The summed E-state index contributed by atoms with van der Waals surface area (Å²) in [7, 11) is 0. The predicted molar refractivity (Wildman–Crippen MR) is 69.7 cm³/mol. The molecule has 0 amide bonds. The van der Waals surface area contributed by atoms with E-state index in [1.165, 1.54) is 12.1 Å². The molecule has 0 saturated carbocycles. The zero-order valence-corrected chi connectivity index (χ0v) is 10.7. The van der Waals surface area contributed by atoms with E-state index in [9.17, 15) is 9.18 Å². The number of carboxylic acid groups (broad SMARTS) is 1. The van der Waals surface area contributed by atoms with Gasteiger partial charge in [-0.2, -0.15) is 0 Å². The Hall–Kier alpha value is -1.68. The molecule has 0 aliphatic rings.